The molecule has 0 radical (unpaired) electrons. The fraction of sp³-hybridized carbons (Fsp3) is 0.158. The summed E-state index contributed by atoms with van der Waals surface area (Å²) in [6.07, 6.45) is 1.01. The molecule has 3 aromatic rings. The number of nitrogens with zero attached hydrogens (tertiary/aromatic N) is 1. The maximum absolute atomic E-state index is 11.0. The molecule has 23 heavy (non-hydrogen) atoms. The second-order valence-electron chi connectivity index (χ2n) is 5.34. The molecule has 4 nitrogen and oxygen atoms in total. The third-order valence-corrected chi connectivity index (χ3v) is 3.53. The molecular formula is C19H18N2O2. The van der Waals surface area contributed by atoms with E-state index in [1.165, 1.54) is 12.5 Å². The minimum Gasteiger partial charge on any atom is -0.439 e. The highest BCUT2D eigenvalue weighted by molar-refractivity contribution is 5.88. The van der Waals surface area contributed by atoms with Crippen molar-refractivity contribution in [3.05, 3.63) is 60.2 Å². The van der Waals surface area contributed by atoms with Gasteiger partial charge >= 0.3 is 0 Å². The minimum atomic E-state index is -0.0960. The molecule has 4 heteroatoms. The van der Waals surface area contributed by atoms with Crippen LogP contribution >= 0.6 is 0 Å². The highest BCUT2D eigenvalue weighted by atomic mass is 16.5. The van der Waals surface area contributed by atoms with Crippen LogP contribution < -0.4 is 10.1 Å². The number of anilines is 1. The largest absolute Gasteiger partial charge is 0.439 e. The number of hydrogen-bond donors (Lipinski definition) is 1. The molecule has 0 atom stereocenters. The molecule has 116 valence electrons. The van der Waals surface area contributed by atoms with Crippen LogP contribution in [0, 0.1) is 0 Å². The van der Waals surface area contributed by atoms with Gasteiger partial charge in [-0.2, -0.15) is 0 Å². The highest BCUT2D eigenvalue weighted by Crippen LogP contribution is 2.24. The summed E-state index contributed by atoms with van der Waals surface area (Å²) < 4.78 is 5.78. The number of carbonyl (C=O) groups excluding carboxylic acids is 1. The van der Waals surface area contributed by atoms with Crippen molar-refractivity contribution in [1.82, 2.24) is 4.98 Å². The van der Waals surface area contributed by atoms with Gasteiger partial charge in [0.05, 0.1) is 5.52 Å². The third-order valence-electron chi connectivity index (χ3n) is 3.53. The Labute approximate surface area is 135 Å². The van der Waals surface area contributed by atoms with Gasteiger partial charge in [0.25, 0.3) is 0 Å². The zero-order chi connectivity index (χ0) is 16.2. The lowest BCUT2D eigenvalue weighted by Crippen LogP contribution is -2.05. The SMILES string of the molecule is CCc1ccc2nc(Oc3ccc(NC(C)=O)cc3)ccc2c1. The van der Waals surface area contributed by atoms with E-state index in [0.29, 0.717) is 11.6 Å². The minimum absolute atomic E-state index is 0.0960. The van der Waals surface area contributed by atoms with Crippen molar-refractivity contribution in [2.24, 2.45) is 0 Å². The highest BCUT2D eigenvalue weighted by Gasteiger charge is 2.03. The van der Waals surface area contributed by atoms with Gasteiger partial charge < -0.3 is 10.1 Å². The first kappa shape index (κ1) is 15.0. The van der Waals surface area contributed by atoms with Gasteiger partial charge in [0, 0.05) is 24.1 Å². The number of ether oxygens (including phenoxy) is 1. The summed E-state index contributed by atoms with van der Waals surface area (Å²) in [7, 11) is 0. The maximum atomic E-state index is 11.0. The van der Waals surface area contributed by atoms with E-state index in [4.69, 9.17) is 4.74 Å². The predicted octanol–water partition coefficient (Wildman–Crippen LogP) is 4.55. The van der Waals surface area contributed by atoms with Crippen molar-refractivity contribution < 1.29 is 9.53 Å². The third kappa shape index (κ3) is 3.66. The van der Waals surface area contributed by atoms with E-state index in [1.54, 1.807) is 24.3 Å². The van der Waals surface area contributed by atoms with Crippen LogP contribution in [0.15, 0.2) is 54.6 Å². The second-order valence-corrected chi connectivity index (χ2v) is 5.34. The van der Waals surface area contributed by atoms with Gasteiger partial charge in [0.15, 0.2) is 0 Å². The summed E-state index contributed by atoms with van der Waals surface area (Å²) in [4.78, 5) is 15.5. The Morgan fingerprint density at radius 1 is 1.09 bits per heavy atom. The Bertz CT molecular complexity index is 842. The summed E-state index contributed by atoms with van der Waals surface area (Å²) in [6, 6.07) is 17.3. The summed E-state index contributed by atoms with van der Waals surface area (Å²) in [6.45, 7) is 3.62. The van der Waals surface area contributed by atoms with Crippen molar-refractivity contribution in [2.75, 3.05) is 5.32 Å². The number of fused-ring (bicyclic) bond motifs is 1. The lowest BCUT2D eigenvalue weighted by atomic mass is 10.1. The molecule has 0 saturated heterocycles. The molecule has 0 bridgehead atoms. The zero-order valence-electron chi connectivity index (χ0n) is 13.2. The standard InChI is InChI=1S/C19H18N2O2/c1-3-14-4-10-18-15(12-14)5-11-19(21-18)23-17-8-6-16(7-9-17)20-13(2)22/h4-12H,3H2,1-2H3,(H,20,22). The first-order valence-electron chi connectivity index (χ1n) is 7.59. The van der Waals surface area contributed by atoms with E-state index < -0.39 is 0 Å². The van der Waals surface area contributed by atoms with Gasteiger partial charge in [-0.15, -0.1) is 0 Å². The van der Waals surface area contributed by atoms with Crippen molar-refractivity contribution in [3.8, 4) is 11.6 Å². The Balaban J connectivity index is 1.79. The Morgan fingerprint density at radius 3 is 2.57 bits per heavy atom. The van der Waals surface area contributed by atoms with E-state index in [0.717, 1.165) is 23.0 Å². The Morgan fingerprint density at radius 2 is 1.87 bits per heavy atom. The molecule has 3 rings (SSSR count). The van der Waals surface area contributed by atoms with Crippen molar-refractivity contribution in [3.63, 3.8) is 0 Å². The van der Waals surface area contributed by atoms with Crippen molar-refractivity contribution in [2.45, 2.75) is 20.3 Å². The first-order valence-corrected chi connectivity index (χ1v) is 7.59. The quantitative estimate of drug-likeness (QED) is 0.769. The fourth-order valence-corrected chi connectivity index (χ4v) is 2.36. The smallest absolute Gasteiger partial charge is 0.221 e. The summed E-state index contributed by atoms with van der Waals surface area (Å²) in [5.74, 6) is 1.13. The van der Waals surface area contributed by atoms with Crippen LogP contribution in [0.3, 0.4) is 0 Å². The van der Waals surface area contributed by atoms with Crippen LogP contribution in [0.25, 0.3) is 10.9 Å². The number of hydrogen-bond acceptors (Lipinski definition) is 3. The van der Waals surface area contributed by atoms with E-state index in [2.05, 4.69) is 29.4 Å². The maximum Gasteiger partial charge on any atom is 0.221 e. The number of carbonyl (C=O) groups is 1. The van der Waals surface area contributed by atoms with Crippen LogP contribution in [-0.2, 0) is 11.2 Å². The summed E-state index contributed by atoms with van der Waals surface area (Å²) >= 11 is 0. The lowest BCUT2D eigenvalue weighted by Gasteiger charge is -2.08. The molecule has 1 amide bonds. The van der Waals surface area contributed by atoms with Crippen LogP contribution in [0.5, 0.6) is 11.6 Å². The number of nitrogens with one attached hydrogen (secondary N) is 1. The molecule has 2 aromatic carbocycles. The number of pyridine rings is 1. The molecule has 1 N–H and O–H groups in total. The number of aryl methyl sites for hydroxylation is 1. The van der Waals surface area contributed by atoms with E-state index >= 15 is 0 Å². The zero-order valence-corrected chi connectivity index (χ0v) is 13.2. The Kier molecular flexibility index (Phi) is 4.24. The first-order chi connectivity index (χ1) is 11.1. The second kappa shape index (κ2) is 6.48. The molecule has 0 aliphatic heterocycles. The predicted molar refractivity (Wildman–Crippen MR) is 91.9 cm³/mol. The molecule has 0 saturated carbocycles. The average molecular weight is 306 g/mol. The molecule has 0 spiro atoms. The molecule has 0 aliphatic rings. The van der Waals surface area contributed by atoms with Crippen LogP contribution in [-0.4, -0.2) is 10.9 Å². The number of rotatable bonds is 4. The molecule has 0 unspecified atom stereocenters. The topological polar surface area (TPSA) is 51.2 Å². The molecule has 1 heterocycles. The van der Waals surface area contributed by atoms with Crippen LogP contribution in [0.4, 0.5) is 5.69 Å². The molecular weight excluding hydrogens is 288 g/mol. The van der Waals surface area contributed by atoms with E-state index in [9.17, 15) is 4.79 Å². The van der Waals surface area contributed by atoms with Gasteiger partial charge in [-0.05, 0) is 54.4 Å². The van der Waals surface area contributed by atoms with Gasteiger partial charge in [0.2, 0.25) is 11.8 Å². The Hall–Kier alpha value is -2.88. The van der Waals surface area contributed by atoms with Gasteiger partial charge in [0.1, 0.15) is 5.75 Å². The molecule has 0 aliphatic carbocycles. The van der Waals surface area contributed by atoms with Crippen molar-refractivity contribution in [1.29, 1.82) is 0 Å². The van der Waals surface area contributed by atoms with E-state index in [1.807, 2.05) is 18.2 Å². The summed E-state index contributed by atoms with van der Waals surface area (Å²) in [5, 5.41) is 3.83. The van der Waals surface area contributed by atoms with Crippen LogP contribution in [0.2, 0.25) is 0 Å². The van der Waals surface area contributed by atoms with E-state index in [-0.39, 0.29) is 5.91 Å². The number of amides is 1. The molecule has 1 aromatic heterocycles. The van der Waals surface area contributed by atoms with Crippen LogP contribution in [0.1, 0.15) is 19.4 Å². The fourth-order valence-electron chi connectivity index (χ4n) is 2.36. The number of benzene rings is 2. The average Bonchev–Trinajstić information content (AvgIpc) is 2.55. The van der Waals surface area contributed by atoms with Gasteiger partial charge in [-0.25, -0.2) is 4.98 Å². The van der Waals surface area contributed by atoms with Gasteiger partial charge in [-0.3, -0.25) is 4.79 Å². The lowest BCUT2D eigenvalue weighted by molar-refractivity contribution is -0.114. The number of aromatic nitrogens is 1. The van der Waals surface area contributed by atoms with Gasteiger partial charge in [-0.1, -0.05) is 13.0 Å². The monoisotopic (exact) mass is 306 g/mol. The molecule has 0 fully saturated rings. The van der Waals surface area contributed by atoms with Crippen molar-refractivity contribution >= 4 is 22.5 Å². The summed E-state index contributed by atoms with van der Waals surface area (Å²) in [5.41, 5.74) is 2.94. The normalized spacial score (nSPS) is 10.5.